The van der Waals surface area contributed by atoms with E-state index in [0.29, 0.717) is 49.3 Å². The Bertz CT molecular complexity index is 1000. The number of likely N-dealkylation sites (tertiary alicyclic amines) is 2. The molecule has 3 atom stereocenters. The van der Waals surface area contributed by atoms with E-state index in [1.54, 1.807) is 12.2 Å². The quantitative estimate of drug-likeness (QED) is 0.417. The third-order valence-electron chi connectivity index (χ3n) is 8.37. The number of methoxy groups -OCH3 is 1. The summed E-state index contributed by atoms with van der Waals surface area (Å²) in [7, 11) is 1.65. The Morgan fingerprint density at radius 1 is 1.19 bits per heavy atom. The van der Waals surface area contributed by atoms with Crippen molar-refractivity contribution in [1.29, 1.82) is 0 Å². The maximum absolute atomic E-state index is 13.4. The molecule has 1 saturated carbocycles. The molecule has 2 saturated heterocycles. The minimum Gasteiger partial charge on any atom is -0.493 e. The summed E-state index contributed by atoms with van der Waals surface area (Å²) in [6, 6.07) is 4.12. The van der Waals surface area contributed by atoms with E-state index < -0.39 is 0 Å². The van der Waals surface area contributed by atoms with E-state index in [1.807, 2.05) is 11.8 Å². The number of amides is 2. The first-order valence-corrected chi connectivity index (χ1v) is 13.9. The average Bonchev–Trinajstić information content (AvgIpc) is 3.20. The van der Waals surface area contributed by atoms with E-state index in [-0.39, 0.29) is 30.1 Å². The first-order chi connectivity index (χ1) is 18.0. The largest absolute Gasteiger partial charge is 0.493 e. The smallest absolute Gasteiger partial charge is 0.260 e. The molecule has 9 heteroatoms. The molecule has 0 N–H and O–H groups in total. The third-order valence-corrected chi connectivity index (χ3v) is 8.37. The summed E-state index contributed by atoms with van der Waals surface area (Å²) in [6.07, 6.45) is 6.38. The van der Waals surface area contributed by atoms with Crippen molar-refractivity contribution in [3.8, 4) is 17.2 Å². The zero-order chi connectivity index (χ0) is 26.0. The molecule has 2 amide bonds. The van der Waals surface area contributed by atoms with Gasteiger partial charge >= 0.3 is 0 Å². The van der Waals surface area contributed by atoms with Gasteiger partial charge in [0.05, 0.1) is 20.3 Å². The zero-order valence-electron chi connectivity index (χ0n) is 22.5. The highest BCUT2D eigenvalue weighted by molar-refractivity contribution is 5.78. The summed E-state index contributed by atoms with van der Waals surface area (Å²) in [6.45, 7) is 8.16. The van der Waals surface area contributed by atoms with E-state index in [9.17, 15) is 9.59 Å². The van der Waals surface area contributed by atoms with Crippen LogP contribution >= 0.6 is 0 Å². The van der Waals surface area contributed by atoms with E-state index in [1.165, 1.54) is 0 Å². The van der Waals surface area contributed by atoms with Crippen molar-refractivity contribution >= 4 is 11.8 Å². The Hall–Kier alpha value is -2.52. The lowest BCUT2D eigenvalue weighted by Gasteiger charge is -2.31. The Kier molecular flexibility index (Phi) is 7.81. The number of hydroxylamine groups is 2. The molecule has 3 fully saturated rings. The van der Waals surface area contributed by atoms with Gasteiger partial charge in [0.15, 0.2) is 11.5 Å². The van der Waals surface area contributed by atoms with Crippen molar-refractivity contribution in [2.24, 2.45) is 5.92 Å². The lowest BCUT2D eigenvalue weighted by Crippen LogP contribution is -2.45. The molecule has 1 aromatic carbocycles. The number of fused-ring (bicyclic) bond motifs is 1. The van der Waals surface area contributed by atoms with Gasteiger partial charge in [-0.3, -0.25) is 19.3 Å². The van der Waals surface area contributed by atoms with Gasteiger partial charge in [0, 0.05) is 38.1 Å². The van der Waals surface area contributed by atoms with E-state index in [4.69, 9.17) is 19.0 Å². The van der Waals surface area contributed by atoms with Crippen LogP contribution in [0.15, 0.2) is 12.1 Å². The molecule has 0 aromatic heterocycles. The lowest BCUT2D eigenvalue weighted by atomic mass is 9.94. The third kappa shape index (κ3) is 5.25. The van der Waals surface area contributed by atoms with Gasteiger partial charge in [0.25, 0.3) is 5.91 Å². The summed E-state index contributed by atoms with van der Waals surface area (Å²) in [5.41, 5.74) is 1.06. The van der Waals surface area contributed by atoms with Gasteiger partial charge in [0.2, 0.25) is 18.4 Å². The molecule has 0 bridgehead atoms. The number of hydrogen-bond donors (Lipinski definition) is 0. The number of carbonyl (C=O) groups is 2. The second kappa shape index (κ2) is 11.1. The number of hydrogen-bond acceptors (Lipinski definition) is 7. The monoisotopic (exact) mass is 515 g/mol. The highest BCUT2D eigenvalue weighted by Crippen LogP contribution is 2.59. The summed E-state index contributed by atoms with van der Waals surface area (Å²) in [4.78, 5) is 36.2. The van der Waals surface area contributed by atoms with Crippen molar-refractivity contribution in [2.75, 3.05) is 53.2 Å². The second-order valence-corrected chi connectivity index (χ2v) is 10.9. The van der Waals surface area contributed by atoms with Crippen LogP contribution in [0.4, 0.5) is 0 Å². The van der Waals surface area contributed by atoms with Gasteiger partial charge < -0.3 is 19.1 Å². The Labute approximate surface area is 219 Å². The van der Waals surface area contributed by atoms with Gasteiger partial charge in [-0.15, -0.1) is 0 Å². The lowest BCUT2D eigenvalue weighted by molar-refractivity contribution is -0.188. The van der Waals surface area contributed by atoms with Crippen LogP contribution < -0.4 is 14.2 Å². The van der Waals surface area contributed by atoms with E-state index >= 15 is 0 Å². The number of piperidine rings is 1. The van der Waals surface area contributed by atoms with Crippen molar-refractivity contribution in [2.45, 2.75) is 70.3 Å². The van der Waals surface area contributed by atoms with Crippen LogP contribution in [-0.2, 0) is 14.4 Å². The highest BCUT2D eigenvalue weighted by Gasteiger charge is 2.63. The molecular formula is C28H41N3O6. The Balaban J connectivity index is 1.36. The highest BCUT2D eigenvalue weighted by atomic mass is 16.7. The van der Waals surface area contributed by atoms with Crippen LogP contribution in [0.25, 0.3) is 0 Å². The summed E-state index contributed by atoms with van der Waals surface area (Å²) in [5.74, 6) is 2.94. The zero-order valence-corrected chi connectivity index (χ0v) is 22.5. The molecule has 1 aliphatic carbocycles. The topological polar surface area (TPSA) is 80.8 Å². The number of ether oxygens (including phenoxy) is 3. The average molecular weight is 516 g/mol. The first kappa shape index (κ1) is 26.1. The maximum Gasteiger partial charge on any atom is 0.260 e. The fourth-order valence-electron chi connectivity index (χ4n) is 6.37. The minimum atomic E-state index is -0.0791. The van der Waals surface area contributed by atoms with Crippen molar-refractivity contribution < 1.29 is 28.6 Å². The molecule has 2 unspecified atom stereocenters. The number of carbonyl (C=O) groups excluding carboxylic acids is 2. The summed E-state index contributed by atoms with van der Waals surface area (Å²) in [5, 5.41) is 1.56. The fraction of sp³-hybridized carbons (Fsp3) is 0.714. The van der Waals surface area contributed by atoms with Crippen LogP contribution in [0.5, 0.6) is 17.2 Å². The molecule has 1 spiro atoms. The fourth-order valence-corrected chi connectivity index (χ4v) is 6.37. The molecule has 9 nitrogen and oxygen atoms in total. The van der Waals surface area contributed by atoms with Crippen LogP contribution in [0, 0.1) is 5.92 Å². The van der Waals surface area contributed by atoms with Gasteiger partial charge in [0.1, 0.15) is 0 Å². The number of rotatable bonds is 11. The summed E-state index contributed by atoms with van der Waals surface area (Å²) < 4.78 is 16.9. The first-order valence-electron chi connectivity index (χ1n) is 13.9. The Morgan fingerprint density at radius 2 is 2.05 bits per heavy atom. The number of benzene rings is 1. The molecule has 3 heterocycles. The maximum atomic E-state index is 13.4. The second-order valence-electron chi connectivity index (χ2n) is 10.9. The Morgan fingerprint density at radius 3 is 2.81 bits per heavy atom. The van der Waals surface area contributed by atoms with Crippen LogP contribution in [0.2, 0.25) is 0 Å². The van der Waals surface area contributed by atoms with Gasteiger partial charge in [-0.25, -0.2) is 5.06 Å². The van der Waals surface area contributed by atoms with Gasteiger partial charge in [-0.05, 0) is 68.1 Å². The van der Waals surface area contributed by atoms with E-state index in [0.717, 1.165) is 63.7 Å². The standard InChI is InChI=1S/C28H41N3O6/c1-4-9-31(37-11-5-2)26(33)18-30-16-21(20-12-23(34-3)27-24(13-20)35-19-36-27)14-28(30)15-22(28)17-29-10-7-6-8-25(29)32/h12-13,21-22H,4-11,14-19H2,1-3H3/t21-,22?,28?/m1/s1. The predicted octanol–water partition coefficient (Wildman–Crippen LogP) is 3.56. The molecule has 4 aliphatic rings. The van der Waals surface area contributed by atoms with E-state index in [2.05, 4.69) is 24.0 Å². The molecule has 5 rings (SSSR count). The van der Waals surface area contributed by atoms with Crippen molar-refractivity contribution in [3.05, 3.63) is 17.7 Å². The SMILES string of the molecule is CCCON(CCC)C(=O)CN1C[C@H](c2cc(OC)c3c(c2)OCO3)CC12CC2CN1CCCCC1=O. The molecule has 1 aromatic rings. The molecule has 0 radical (unpaired) electrons. The van der Waals surface area contributed by atoms with Crippen LogP contribution in [-0.4, -0.2) is 85.4 Å². The molecule has 37 heavy (non-hydrogen) atoms. The molecule has 204 valence electrons. The molecule has 3 aliphatic heterocycles. The predicted molar refractivity (Wildman–Crippen MR) is 138 cm³/mol. The van der Waals surface area contributed by atoms with Gasteiger partial charge in [-0.1, -0.05) is 13.8 Å². The van der Waals surface area contributed by atoms with Crippen molar-refractivity contribution in [1.82, 2.24) is 14.9 Å². The number of nitrogens with zero attached hydrogens (tertiary/aromatic N) is 3. The summed E-state index contributed by atoms with van der Waals surface area (Å²) >= 11 is 0. The van der Waals surface area contributed by atoms with Crippen LogP contribution in [0.1, 0.15) is 70.3 Å². The molecular weight excluding hydrogens is 474 g/mol. The van der Waals surface area contributed by atoms with Crippen LogP contribution in [0.3, 0.4) is 0 Å². The van der Waals surface area contributed by atoms with Crippen molar-refractivity contribution in [3.63, 3.8) is 0 Å². The minimum absolute atomic E-state index is 0.0123. The normalized spacial score (nSPS) is 26.7. The van der Waals surface area contributed by atoms with Gasteiger partial charge in [-0.2, -0.15) is 0 Å².